The number of nitrogens with one attached hydrogen (secondary N) is 2. The number of ketones is 1. The van der Waals surface area contributed by atoms with Gasteiger partial charge in [0.15, 0.2) is 12.4 Å². The van der Waals surface area contributed by atoms with Crippen LogP contribution in [0.3, 0.4) is 0 Å². The van der Waals surface area contributed by atoms with E-state index in [1.54, 1.807) is 42.6 Å². The zero-order valence-corrected chi connectivity index (χ0v) is 20.4. The Morgan fingerprint density at radius 3 is 2.56 bits per heavy atom. The highest BCUT2D eigenvalue weighted by Crippen LogP contribution is 2.24. The number of rotatable bonds is 11. The van der Waals surface area contributed by atoms with Crippen LogP contribution >= 0.6 is 11.6 Å². The number of anilines is 1. The van der Waals surface area contributed by atoms with Crippen LogP contribution in [0, 0.1) is 0 Å². The number of carbonyl (C=O) groups is 2. The number of fused-ring (bicyclic) bond motifs is 1. The molecule has 182 valence electrons. The Balaban J connectivity index is 1.15. The molecule has 1 heterocycles. The fourth-order valence-corrected chi connectivity index (χ4v) is 3.73. The lowest BCUT2D eigenvalue weighted by Gasteiger charge is -2.10. The van der Waals surface area contributed by atoms with Gasteiger partial charge in [0.25, 0.3) is 5.91 Å². The SMILES string of the molecule is O=C(COc1ccc(/C=C/C(=O)c2ccccc2)cc1)NCCCNc1ccnc2cc(Cl)ccc12. The molecule has 0 saturated carbocycles. The van der Waals surface area contributed by atoms with Gasteiger partial charge in [0, 0.05) is 40.9 Å². The van der Waals surface area contributed by atoms with Crippen LogP contribution < -0.4 is 15.4 Å². The summed E-state index contributed by atoms with van der Waals surface area (Å²) in [5.74, 6) is 0.348. The van der Waals surface area contributed by atoms with E-state index >= 15 is 0 Å². The third kappa shape index (κ3) is 7.17. The molecule has 3 aromatic carbocycles. The molecule has 0 aliphatic carbocycles. The van der Waals surface area contributed by atoms with E-state index in [4.69, 9.17) is 16.3 Å². The third-order valence-corrected chi connectivity index (χ3v) is 5.67. The molecule has 7 heteroatoms. The average Bonchev–Trinajstić information content (AvgIpc) is 2.91. The molecule has 0 bridgehead atoms. The molecule has 1 aromatic heterocycles. The molecular weight excluding hydrogens is 474 g/mol. The first-order chi connectivity index (χ1) is 17.6. The van der Waals surface area contributed by atoms with Crippen LogP contribution in [0.15, 0.2) is 91.1 Å². The molecule has 2 N–H and O–H groups in total. The van der Waals surface area contributed by atoms with Crippen molar-refractivity contribution >= 4 is 46.0 Å². The smallest absolute Gasteiger partial charge is 0.257 e. The number of hydrogen-bond acceptors (Lipinski definition) is 5. The highest BCUT2D eigenvalue weighted by molar-refractivity contribution is 6.31. The van der Waals surface area contributed by atoms with Gasteiger partial charge in [0.05, 0.1) is 5.52 Å². The largest absolute Gasteiger partial charge is 0.484 e. The summed E-state index contributed by atoms with van der Waals surface area (Å²) in [6.07, 6.45) is 5.79. The lowest BCUT2D eigenvalue weighted by molar-refractivity contribution is -0.123. The van der Waals surface area contributed by atoms with E-state index in [9.17, 15) is 9.59 Å². The van der Waals surface area contributed by atoms with Gasteiger partial charge >= 0.3 is 0 Å². The quantitative estimate of drug-likeness (QED) is 0.155. The predicted molar refractivity (Wildman–Crippen MR) is 145 cm³/mol. The van der Waals surface area contributed by atoms with Gasteiger partial charge in [0.1, 0.15) is 5.75 Å². The maximum absolute atomic E-state index is 12.2. The van der Waals surface area contributed by atoms with Crippen molar-refractivity contribution in [3.05, 3.63) is 107 Å². The van der Waals surface area contributed by atoms with Crippen LogP contribution in [0.5, 0.6) is 5.75 Å². The molecule has 0 spiro atoms. The lowest BCUT2D eigenvalue weighted by Crippen LogP contribution is -2.30. The molecule has 0 aliphatic heterocycles. The summed E-state index contributed by atoms with van der Waals surface area (Å²) in [6.45, 7) is 1.17. The maximum atomic E-state index is 12.2. The number of pyridine rings is 1. The zero-order chi connectivity index (χ0) is 25.2. The second-order valence-corrected chi connectivity index (χ2v) is 8.51. The van der Waals surface area contributed by atoms with Crippen molar-refractivity contribution in [3.63, 3.8) is 0 Å². The van der Waals surface area contributed by atoms with E-state index in [-0.39, 0.29) is 18.3 Å². The van der Waals surface area contributed by atoms with Gasteiger partial charge in [-0.3, -0.25) is 14.6 Å². The molecular formula is C29H26ClN3O3. The lowest BCUT2D eigenvalue weighted by atomic mass is 10.1. The molecule has 1 amide bonds. The number of ether oxygens (including phenoxy) is 1. The van der Waals surface area contributed by atoms with Gasteiger partial charge in [-0.25, -0.2) is 0 Å². The Labute approximate surface area is 215 Å². The van der Waals surface area contributed by atoms with Crippen molar-refractivity contribution in [1.82, 2.24) is 10.3 Å². The maximum Gasteiger partial charge on any atom is 0.257 e. The van der Waals surface area contributed by atoms with Crippen molar-refractivity contribution in [2.24, 2.45) is 0 Å². The molecule has 0 unspecified atom stereocenters. The highest BCUT2D eigenvalue weighted by Gasteiger charge is 2.05. The highest BCUT2D eigenvalue weighted by atomic mass is 35.5. The molecule has 4 aromatic rings. The Bertz CT molecular complexity index is 1360. The summed E-state index contributed by atoms with van der Waals surface area (Å²) in [6, 6.07) is 23.9. The number of allylic oxidation sites excluding steroid dienone is 1. The number of benzene rings is 3. The molecule has 0 radical (unpaired) electrons. The van der Waals surface area contributed by atoms with Crippen molar-refractivity contribution < 1.29 is 14.3 Å². The first-order valence-electron chi connectivity index (χ1n) is 11.6. The number of nitrogens with zero attached hydrogens (tertiary/aromatic N) is 1. The third-order valence-electron chi connectivity index (χ3n) is 5.43. The predicted octanol–water partition coefficient (Wildman–Crippen LogP) is 5.78. The van der Waals surface area contributed by atoms with Crippen LogP contribution in [-0.2, 0) is 4.79 Å². The topological polar surface area (TPSA) is 80.3 Å². The molecule has 36 heavy (non-hydrogen) atoms. The molecule has 0 aliphatic rings. The van der Waals surface area contributed by atoms with E-state index in [0.29, 0.717) is 29.4 Å². The van der Waals surface area contributed by atoms with E-state index in [1.807, 2.05) is 54.6 Å². The standard InChI is InChI=1S/C29H26ClN3O3/c30-23-10-13-25-26(15-18-32-27(25)19-23)31-16-4-17-33-29(35)20-36-24-11-7-21(8-12-24)9-14-28(34)22-5-2-1-3-6-22/h1-3,5-15,18-19H,4,16-17,20H2,(H,31,32)(H,33,35)/b14-9+. The number of aromatic nitrogens is 1. The summed E-state index contributed by atoms with van der Waals surface area (Å²) in [5.41, 5.74) is 3.33. The molecule has 4 rings (SSSR count). The summed E-state index contributed by atoms with van der Waals surface area (Å²) in [5, 5.41) is 7.90. The summed E-state index contributed by atoms with van der Waals surface area (Å²) < 4.78 is 5.57. The van der Waals surface area contributed by atoms with Gasteiger partial charge in [-0.1, -0.05) is 60.1 Å². The van der Waals surface area contributed by atoms with Crippen LogP contribution in [0.1, 0.15) is 22.3 Å². The van der Waals surface area contributed by atoms with Crippen LogP contribution in [0.4, 0.5) is 5.69 Å². The van der Waals surface area contributed by atoms with E-state index in [0.717, 1.165) is 28.6 Å². The van der Waals surface area contributed by atoms with Crippen molar-refractivity contribution in [3.8, 4) is 5.75 Å². The normalized spacial score (nSPS) is 10.9. The van der Waals surface area contributed by atoms with Crippen LogP contribution in [-0.4, -0.2) is 36.4 Å². The van der Waals surface area contributed by atoms with Crippen LogP contribution in [0.25, 0.3) is 17.0 Å². The summed E-state index contributed by atoms with van der Waals surface area (Å²) in [7, 11) is 0. The number of hydrogen-bond donors (Lipinski definition) is 2. The second kappa shape index (κ2) is 12.5. The van der Waals surface area contributed by atoms with Gasteiger partial charge in [-0.05, 0) is 54.5 Å². The number of halogens is 1. The fraction of sp³-hybridized carbons (Fsp3) is 0.138. The Morgan fingerprint density at radius 2 is 1.75 bits per heavy atom. The monoisotopic (exact) mass is 499 g/mol. The van der Waals surface area contributed by atoms with E-state index < -0.39 is 0 Å². The number of amides is 1. The van der Waals surface area contributed by atoms with Gasteiger partial charge in [-0.2, -0.15) is 0 Å². The average molecular weight is 500 g/mol. The Morgan fingerprint density at radius 1 is 0.944 bits per heavy atom. The van der Waals surface area contributed by atoms with E-state index in [1.165, 1.54) is 0 Å². The Hall–Kier alpha value is -4.16. The molecule has 0 atom stereocenters. The molecule has 0 fully saturated rings. The van der Waals surface area contributed by atoms with Crippen molar-refractivity contribution in [2.75, 3.05) is 25.0 Å². The minimum absolute atomic E-state index is 0.0539. The minimum atomic E-state index is -0.184. The first kappa shape index (κ1) is 24.9. The Kier molecular flexibility index (Phi) is 8.67. The molecule has 0 saturated heterocycles. The summed E-state index contributed by atoms with van der Waals surface area (Å²) in [4.78, 5) is 28.6. The zero-order valence-electron chi connectivity index (χ0n) is 19.6. The minimum Gasteiger partial charge on any atom is -0.484 e. The van der Waals surface area contributed by atoms with Crippen molar-refractivity contribution in [1.29, 1.82) is 0 Å². The first-order valence-corrected chi connectivity index (χ1v) is 12.0. The van der Waals surface area contributed by atoms with Gasteiger partial charge in [-0.15, -0.1) is 0 Å². The molecule has 6 nitrogen and oxygen atoms in total. The summed E-state index contributed by atoms with van der Waals surface area (Å²) >= 11 is 6.04. The van der Waals surface area contributed by atoms with Crippen molar-refractivity contribution in [2.45, 2.75) is 6.42 Å². The van der Waals surface area contributed by atoms with Gasteiger partial charge in [0.2, 0.25) is 0 Å². The fourth-order valence-electron chi connectivity index (χ4n) is 3.56. The number of carbonyl (C=O) groups excluding carboxylic acids is 2. The van der Waals surface area contributed by atoms with E-state index in [2.05, 4.69) is 15.6 Å². The van der Waals surface area contributed by atoms with Gasteiger partial charge < -0.3 is 15.4 Å². The van der Waals surface area contributed by atoms with Crippen LogP contribution in [0.2, 0.25) is 5.02 Å². The second-order valence-electron chi connectivity index (χ2n) is 8.07.